The van der Waals surface area contributed by atoms with E-state index in [0.717, 1.165) is 12.2 Å². The van der Waals surface area contributed by atoms with Crippen molar-refractivity contribution < 1.29 is 31.8 Å². The molecule has 0 aromatic carbocycles. The van der Waals surface area contributed by atoms with Gasteiger partial charge in [0.05, 0.1) is 6.10 Å². The van der Waals surface area contributed by atoms with Crippen LogP contribution in [0.2, 0.25) is 0 Å². The van der Waals surface area contributed by atoms with Gasteiger partial charge in [-0.2, -0.15) is 17.6 Å². The molecule has 0 aliphatic heterocycles. The molecule has 0 N–H and O–H groups in total. The highest BCUT2D eigenvalue weighted by Crippen LogP contribution is 2.23. The third-order valence-electron chi connectivity index (χ3n) is 1.76. The highest BCUT2D eigenvalue weighted by Gasteiger charge is 2.21. The molecule has 0 aromatic heterocycles. The Kier molecular flexibility index (Phi) is 4.48. The number of halogens is 4. The molecule has 0 saturated carbocycles. The Labute approximate surface area is 88.3 Å². The largest absolute Gasteiger partial charge is 0.439 e. The topological polar surface area (TPSA) is 35.5 Å². The molecule has 1 rings (SSSR count). The summed E-state index contributed by atoms with van der Waals surface area (Å²) in [6.07, 6.45) is 1.13. The third kappa shape index (κ3) is 4.01. The minimum absolute atomic E-state index is 0.0347. The van der Waals surface area contributed by atoms with Crippen molar-refractivity contribution in [3.63, 3.8) is 0 Å². The molecular weight excluding hydrogens is 232 g/mol. The first kappa shape index (κ1) is 12.7. The van der Waals surface area contributed by atoms with Gasteiger partial charge in [-0.3, -0.25) is 4.79 Å². The van der Waals surface area contributed by atoms with Crippen LogP contribution in [-0.2, 0) is 14.3 Å². The van der Waals surface area contributed by atoms with Crippen molar-refractivity contribution in [1.29, 1.82) is 0 Å². The molecule has 0 spiro atoms. The maximum absolute atomic E-state index is 11.9. The van der Waals surface area contributed by atoms with Gasteiger partial charge in [0.1, 0.15) is 12.0 Å². The van der Waals surface area contributed by atoms with E-state index >= 15 is 0 Å². The summed E-state index contributed by atoms with van der Waals surface area (Å²) in [6, 6.07) is 0. The number of alkyl halides is 4. The van der Waals surface area contributed by atoms with Crippen LogP contribution in [0.15, 0.2) is 23.5 Å². The van der Waals surface area contributed by atoms with E-state index in [0.29, 0.717) is 6.29 Å². The van der Waals surface area contributed by atoms with Gasteiger partial charge in [0.25, 0.3) is 0 Å². The molecule has 90 valence electrons. The van der Waals surface area contributed by atoms with Crippen LogP contribution in [0.4, 0.5) is 17.6 Å². The second kappa shape index (κ2) is 5.64. The first-order chi connectivity index (χ1) is 7.51. The Morgan fingerprint density at radius 2 is 2.00 bits per heavy atom. The number of allylic oxidation sites excluding steroid dienone is 2. The smallest absolute Gasteiger partial charge is 0.387 e. The van der Waals surface area contributed by atoms with E-state index in [4.69, 9.17) is 0 Å². The van der Waals surface area contributed by atoms with Gasteiger partial charge in [-0.1, -0.05) is 0 Å². The van der Waals surface area contributed by atoms with Crippen LogP contribution in [-0.4, -0.2) is 25.6 Å². The van der Waals surface area contributed by atoms with Gasteiger partial charge in [0, 0.05) is 12.0 Å². The molecule has 0 heterocycles. The molecule has 1 unspecified atom stereocenters. The highest BCUT2D eigenvalue weighted by atomic mass is 19.3. The molecule has 0 radical (unpaired) electrons. The summed E-state index contributed by atoms with van der Waals surface area (Å²) in [5, 5.41) is 0. The Morgan fingerprint density at radius 1 is 1.31 bits per heavy atom. The second-order valence-electron chi connectivity index (χ2n) is 2.91. The van der Waals surface area contributed by atoms with Crippen LogP contribution in [0.1, 0.15) is 6.42 Å². The van der Waals surface area contributed by atoms with Gasteiger partial charge < -0.3 is 9.47 Å². The molecular formula is C9H8F4O3. The molecule has 1 aliphatic rings. The molecule has 0 fully saturated rings. The van der Waals surface area contributed by atoms with Crippen LogP contribution in [0.25, 0.3) is 0 Å². The lowest BCUT2D eigenvalue weighted by molar-refractivity contribution is -0.157. The lowest BCUT2D eigenvalue weighted by Gasteiger charge is -2.20. The average molecular weight is 240 g/mol. The number of aldehydes is 1. The van der Waals surface area contributed by atoms with E-state index in [1.807, 2.05) is 0 Å². The number of hydrogen-bond donors (Lipinski definition) is 0. The summed E-state index contributed by atoms with van der Waals surface area (Å²) in [7, 11) is 0. The molecule has 0 saturated heterocycles. The van der Waals surface area contributed by atoms with Gasteiger partial charge in [-0.05, 0) is 12.2 Å². The van der Waals surface area contributed by atoms with E-state index in [9.17, 15) is 22.4 Å². The van der Waals surface area contributed by atoms with Crippen molar-refractivity contribution in [3.05, 3.63) is 23.5 Å². The average Bonchev–Trinajstić information content (AvgIpc) is 2.14. The summed E-state index contributed by atoms with van der Waals surface area (Å²) in [5.74, 6) is -0.259. The van der Waals surface area contributed by atoms with Gasteiger partial charge in [0.2, 0.25) is 0 Å². The minimum atomic E-state index is -3.07. The Balaban J connectivity index is 2.70. The van der Waals surface area contributed by atoms with Crippen molar-refractivity contribution in [3.8, 4) is 0 Å². The summed E-state index contributed by atoms with van der Waals surface area (Å²) in [6.45, 7) is -6.11. The zero-order valence-electron chi connectivity index (χ0n) is 7.91. The van der Waals surface area contributed by atoms with Crippen LogP contribution < -0.4 is 0 Å². The minimum Gasteiger partial charge on any atom is -0.439 e. The quantitative estimate of drug-likeness (QED) is 0.546. The first-order valence-corrected chi connectivity index (χ1v) is 4.27. The summed E-state index contributed by atoms with van der Waals surface area (Å²) in [4.78, 5) is 10.4. The van der Waals surface area contributed by atoms with E-state index < -0.39 is 19.3 Å². The van der Waals surface area contributed by atoms with Gasteiger partial charge in [0.15, 0.2) is 0 Å². The van der Waals surface area contributed by atoms with Crippen molar-refractivity contribution in [1.82, 2.24) is 0 Å². The molecule has 0 aromatic rings. The first-order valence-electron chi connectivity index (χ1n) is 4.27. The number of hydrogen-bond acceptors (Lipinski definition) is 3. The van der Waals surface area contributed by atoms with Gasteiger partial charge in [-0.15, -0.1) is 0 Å². The van der Waals surface area contributed by atoms with Crippen molar-refractivity contribution in [2.45, 2.75) is 25.7 Å². The fourth-order valence-corrected chi connectivity index (χ4v) is 1.25. The molecule has 7 heteroatoms. The summed E-state index contributed by atoms with van der Waals surface area (Å²) in [5.41, 5.74) is -0.0347. The van der Waals surface area contributed by atoms with E-state index in [-0.39, 0.29) is 17.8 Å². The second-order valence-corrected chi connectivity index (χ2v) is 2.91. The zero-order chi connectivity index (χ0) is 12.1. The SMILES string of the molecule is O=CC1=CC(OC(F)F)CC(OC(F)F)=C1. The van der Waals surface area contributed by atoms with E-state index in [1.165, 1.54) is 0 Å². The maximum Gasteiger partial charge on any atom is 0.387 e. The number of carbonyl (C=O) groups excluding carboxylic acids is 1. The molecule has 0 amide bonds. The Bertz CT molecular complexity index is 312. The zero-order valence-corrected chi connectivity index (χ0v) is 7.91. The lowest BCUT2D eigenvalue weighted by atomic mass is 10.0. The molecule has 1 aliphatic carbocycles. The molecule has 16 heavy (non-hydrogen) atoms. The van der Waals surface area contributed by atoms with Crippen molar-refractivity contribution >= 4 is 6.29 Å². The standard InChI is InChI=1S/C9H8F4O3/c10-8(11)15-6-1-5(4-14)2-7(3-6)16-9(12)13/h1-2,4,6,8-9H,3H2. The van der Waals surface area contributed by atoms with Crippen LogP contribution >= 0.6 is 0 Å². The Hall–Kier alpha value is -1.37. The van der Waals surface area contributed by atoms with Crippen LogP contribution in [0, 0.1) is 0 Å². The summed E-state index contributed by atoms with van der Waals surface area (Å²) < 4.78 is 55.7. The fourth-order valence-electron chi connectivity index (χ4n) is 1.25. The normalized spacial score (nSPS) is 20.8. The number of carbonyl (C=O) groups is 1. The molecule has 0 bridgehead atoms. The predicted molar refractivity (Wildman–Crippen MR) is 44.8 cm³/mol. The third-order valence-corrected chi connectivity index (χ3v) is 1.76. The number of ether oxygens (including phenoxy) is 2. The molecule has 3 nitrogen and oxygen atoms in total. The van der Waals surface area contributed by atoms with Crippen LogP contribution in [0.3, 0.4) is 0 Å². The predicted octanol–water partition coefficient (Wildman–Crippen LogP) is 2.25. The fraction of sp³-hybridized carbons (Fsp3) is 0.444. The van der Waals surface area contributed by atoms with Crippen molar-refractivity contribution in [2.24, 2.45) is 0 Å². The molecule has 1 atom stereocenters. The van der Waals surface area contributed by atoms with Crippen molar-refractivity contribution in [2.75, 3.05) is 0 Å². The number of rotatable bonds is 5. The van der Waals surface area contributed by atoms with E-state index in [2.05, 4.69) is 9.47 Å². The highest BCUT2D eigenvalue weighted by molar-refractivity contribution is 5.78. The Morgan fingerprint density at radius 3 is 2.50 bits per heavy atom. The summed E-state index contributed by atoms with van der Waals surface area (Å²) >= 11 is 0. The lowest BCUT2D eigenvalue weighted by Crippen LogP contribution is -2.20. The van der Waals surface area contributed by atoms with Gasteiger partial charge in [-0.25, -0.2) is 0 Å². The monoisotopic (exact) mass is 240 g/mol. The van der Waals surface area contributed by atoms with Crippen LogP contribution in [0.5, 0.6) is 0 Å². The maximum atomic E-state index is 11.9. The van der Waals surface area contributed by atoms with E-state index in [1.54, 1.807) is 0 Å². The van der Waals surface area contributed by atoms with Gasteiger partial charge >= 0.3 is 13.2 Å².